The summed E-state index contributed by atoms with van der Waals surface area (Å²) in [6.07, 6.45) is 3.02. The second-order valence-corrected chi connectivity index (χ2v) is 5.12. The zero-order chi connectivity index (χ0) is 8.60. The molecule has 1 aromatic rings. The van der Waals surface area contributed by atoms with Crippen molar-refractivity contribution in [3.63, 3.8) is 0 Å². The Morgan fingerprint density at radius 3 is 3.08 bits per heavy atom. The number of aromatic nitrogens is 1. The Kier molecular flexibility index (Phi) is 2.21. The summed E-state index contributed by atoms with van der Waals surface area (Å²) >= 11 is 5.20. The maximum Gasteiger partial charge on any atom is 0.264 e. The largest absolute Gasteiger partial charge is 0.436 e. The second-order valence-electron chi connectivity index (χ2n) is 3.34. The molecule has 12 heavy (non-hydrogen) atoms. The van der Waals surface area contributed by atoms with Crippen molar-refractivity contribution in [1.82, 2.24) is 4.98 Å². The van der Waals surface area contributed by atoms with E-state index in [0.717, 1.165) is 11.5 Å². The van der Waals surface area contributed by atoms with Gasteiger partial charge in [0, 0.05) is 27.1 Å². The van der Waals surface area contributed by atoms with Crippen molar-refractivity contribution in [3.8, 4) is 0 Å². The molecule has 1 aliphatic heterocycles. The van der Waals surface area contributed by atoms with Crippen molar-refractivity contribution in [2.24, 2.45) is 0 Å². The summed E-state index contributed by atoms with van der Waals surface area (Å²) in [5.41, 5.74) is 0.212. The lowest BCUT2D eigenvalue weighted by Gasteiger charge is -2.17. The molecule has 1 fully saturated rings. The lowest BCUT2D eigenvalue weighted by Crippen LogP contribution is -2.19. The molecule has 1 aliphatic rings. The number of hydrogen-bond donors (Lipinski definition) is 0. The van der Waals surface area contributed by atoms with Crippen molar-refractivity contribution in [1.29, 1.82) is 0 Å². The van der Waals surface area contributed by atoms with Crippen LogP contribution in [0.3, 0.4) is 0 Å². The van der Waals surface area contributed by atoms with Gasteiger partial charge in [0.15, 0.2) is 0 Å². The number of halogens is 1. The summed E-state index contributed by atoms with van der Waals surface area (Å²) in [7, 11) is 0. The van der Waals surface area contributed by atoms with E-state index >= 15 is 0 Å². The molecule has 1 unspecified atom stereocenters. The standard InChI is InChI=1S/C8H10BrNOS/c1-8(2-3-12-5-8)6-4-10-7(9)11-6/h4H,2-3,5H2,1H3. The van der Waals surface area contributed by atoms with Gasteiger partial charge in [0.1, 0.15) is 5.76 Å². The molecule has 0 aliphatic carbocycles. The van der Waals surface area contributed by atoms with Gasteiger partial charge < -0.3 is 4.42 Å². The average Bonchev–Trinajstić information content (AvgIpc) is 2.59. The third-order valence-corrected chi connectivity index (χ3v) is 3.99. The summed E-state index contributed by atoms with van der Waals surface area (Å²) < 4.78 is 5.46. The van der Waals surface area contributed by atoms with Gasteiger partial charge in [0.25, 0.3) is 4.80 Å². The van der Waals surface area contributed by atoms with Gasteiger partial charge in [0.05, 0.1) is 6.20 Å². The topological polar surface area (TPSA) is 26.0 Å². The molecule has 0 saturated carbocycles. The molecule has 0 spiro atoms. The van der Waals surface area contributed by atoms with E-state index in [4.69, 9.17) is 4.42 Å². The van der Waals surface area contributed by atoms with Crippen LogP contribution in [0.2, 0.25) is 0 Å². The maximum atomic E-state index is 5.46. The molecule has 4 heteroatoms. The van der Waals surface area contributed by atoms with E-state index in [1.165, 1.54) is 12.2 Å². The second kappa shape index (κ2) is 3.07. The van der Waals surface area contributed by atoms with E-state index in [0.29, 0.717) is 4.80 Å². The summed E-state index contributed by atoms with van der Waals surface area (Å²) in [5.74, 6) is 3.39. The molecular formula is C8H10BrNOS. The zero-order valence-electron chi connectivity index (χ0n) is 6.84. The summed E-state index contributed by atoms with van der Waals surface area (Å²) in [6.45, 7) is 2.24. The highest BCUT2D eigenvalue weighted by molar-refractivity contribution is 9.10. The van der Waals surface area contributed by atoms with E-state index in [2.05, 4.69) is 27.8 Å². The fourth-order valence-electron chi connectivity index (χ4n) is 1.39. The number of oxazole rings is 1. The summed E-state index contributed by atoms with van der Waals surface area (Å²) in [6, 6.07) is 0. The lowest BCUT2D eigenvalue weighted by molar-refractivity contribution is 0.379. The molecule has 1 saturated heterocycles. The first-order valence-electron chi connectivity index (χ1n) is 3.90. The van der Waals surface area contributed by atoms with Crippen LogP contribution in [0.4, 0.5) is 0 Å². The smallest absolute Gasteiger partial charge is 0.264 e. The van der Waals surface area contributed by atoms with Crippen LogP contribution in [0, 0.1) is 0 Å². The molecule has 2 nitrogen and oxygen atoms in total. The molecule has 0 bridgehead atoms. The minimum absolute atomic E-state index is 0.212. The summed E-state index contributed by atoms with van der Waals surface area (Å²) in [5, 5.41) is 0. The average molecular weight is 248 g/mol. The SMILES string of the molecule is CC1(c2cnc(Br)o2)CCSC1. The number of hydrogen-bond acceptors (Lipinski definition) is 3. The number of nitrogens with zero attached hydrogens (tertiary/aromatic N) is 1. The minimum atomic E-state index is 0.212. The van der Waals surface area contributed by atoms with Gasteiger partial charge in [0.2, 0.25) is 0 Å². The molecule has 2 rings (SSSR count). The van der Waals surface area contributed by atoms with Crippen molar-refractivity contribution in [2.75, 3.05) is 11.5 Å². The Bertz CT molecular complexity index is 280. The zero-order valence-corrected chi connectivity index (χ0v) is 9.24. The first kappa shape index (κ1) is 8.63. The third kappa shape index (κ3) is 1.42. The Labute approximate surface area is 84.3 Å². The van der Waals surface area contributed by atoms with Crippen LogP contribution in [0.25, 0.3) is 0 Å². The van der Waals surface area contributed by atoms with E-state index in [9.17, 15) is 0 Å². The predicted octanol–water partition coefficient (Wildman–Crippen LogP) is 2.83. The highest BCUT2D eigenvalue weighted by atomic mass is 79.9. The molecule has 2 heterocycles. The van der Waals surface area contributed by atoms with Gasteiger partial charge in [-0.05, 0) is 12.2 Å². The van der Waals surface area contributed by atoms with E-state index < -0.39 is 0 Å². The van der Waals surface area contributed by atoms with Crippen molar-refractivity contribution in [3.05, 3.63) is 16.8 Å². The molecule has 66 valence electrons. The molecule has 0 N–H and O–H groups in total. The first-order chi connectivity index (χ1) is 5.71. The highest BCUT2D eigenvalue weighted by Crippen LogP contribution is 2.39. The quantitative estimate of drug-likeness (QED) is 0.764. The van der Waals surface area contributed by atoms with E-state index in [1.54, 1.807) is 0 Å². The van der Waals surface area contributed by atoms with Gasteiger partial charge in [-0.25, -0.2) is 4.98 Å². The molecule has 1 atom stereocenters. The molecular weight excluding hydrogens is 238 g/mol. The van der Waals surface area contributed by atoms with Crippen LogP contribution in [-0.2, 0) is 5.41 Å². The lowest BCUT2D eigenvalue weighted by atomic mass is 9.88. The van der Waals surface area contributed by atoms with E-state index in [-0.39, 0.29) is 5.41 Å². The van der Waals surface area contributed by atoms with Crippen molar-refractivity contribution in [2.45, 2.75) is 18.8 Å². The van der Waals surface area contributed by atoms with Crippen LogP contribution in [0.5, 0.6) is 0 Å². The monoisotopic (exact) mass is 247 g/mol. The van der Waals surface area contributed by atoms with Crippen LogP contribution >= 0.6 is 27.7 Å². The summed E-state index contributed by atoms with van der Waals surface area (Å²) in [4.78, 5) is 4.64. The maximum absolute atomic E-state index is 5.46. The van der Waals surface area contributed by atoms with Crippen LogP contribution in [-0.4, -0.2) is 16.5 Å². The van der Waals surface area contributed by atoms with Gasteiger partial charge in [-0.1, -0.05) is 6.92 Å². The Balaban J connectivity index is 2.28. The van der Waals surface area contributed by atoms with Crippen LogP contribution < -0.4 is 0 Å². The van der Waals surface area contributed by atoms with Gasteiger partial charge >= 0.3 is 0 Å². The van der Waals surface area contributed by atoms with Crippen LogP contribution in [0.1, 0.15) is 19.1 Å². The van der Waals surface area contributed by atoms with Gasteiger partial charge in [-0.3, -0.25) is 0 Å². The normalized spacial score (nSPS) is 29.5. The molecule has 0 aromatic carbocycles. The first-order valence-corrected chi connectivity index (χ1v) is 5.85. The fraction of sp³-hybridized carbons (Fsp3) is 0.625. The van der Waals surface area contributed by atoms with Crippen molar-refractivity contribution >= 4 is 27.7 Å². The highest BCUT2D eigenvalue weighted by Gasteiger charge is 2.34. The number of rotatable bonds is 1. The minimum Gasteiger partial charge on any atom is -0.436 e. The Morgan fingerprint density at radius 2 is 2.58 bits per heavy atom. The van der Waals surface area contributed by atoms with Gasteiger partial charge in [-0.2, -0.15) is 11.8 Å². The van der Waals surface area contributed by atoms with Crippen molar-refractivity contribution < 1.29 is 4.42 Å². The Morgan fingerprint density at radius 1 is 1.75 bits per heavy atom. The van der Waals surface area contributed by atoms with E-state index in [1.807, 2.05) is 18.0 Å². The van der Waals surface area contributed by atoms with Gasteiger partial charge in [-0.15, -0.1) is 0 Å². The number of thioether (sulfide) groups is 1. The van der Waals surface area contributed by atoms with Crippen LogP contribution in [0.15, 0.2) is 15.4 Å². The molecule has 0 radical (unpaired) electrons. The molecule has 1 aromatic heterocycles. The predicted molar refractivity (Wildman–Crippen MR) is 53.5 cm³/mol. The Hall–Kier alpha value is 0.0400. The fourth-order valence-corrected chi connectivity index (χ4v) is 3.15. The third-order valence-electron chi connectivity index (χ3n) is 2.29. The molecule has 0 amide bonds.